The fourth-order valence-electron chi connectivity index (χ4n) is 3.34. The second-order valence-electron chi connectivity index (χ2n) is 7.87. The van der Waals surface area contributed by atoms with Crippen LogP contribution >= 0.6 is 0 Å². The van der Waals surface area contributed by atoms with E-state index in [1.807, 2.05) is 32.1 Å². The van der Waals surface area contributed by atoms with Crippen LogP contribution in [-0.2, 0) is 16.0 Å². The number of hydrogen-bond acceptors (Lipinski definition) is 5. The van der Waals surface area contributed by atoms with Crippen LogP contribution in [0.5, 0.6) is 5.75 Å². The van der Waals surface area contributed by atoms with Gasteiger partial charge in [0.25, 0.3) is 0 Å². The maximum atomic E-state index is 12.9. The first kappa shape index (κ1) is 25.1. The molecule has 32 heavy (non-hydrogen) atoms. The molecule has 0 unspecified atom stereocenters. The summed E-state index contributed by atoms with van der Waals surface area (Å²) in [5.74, 6) is -1.02. The molecule has 0 radical (unpaired) electrons. The molecule has 0 saturated carbocycles. The van der Waals surface area contributed by atoms with Gasteiger partial charge in [0.05, 0.1) is 6.10 Å². The molecule has 0 spiro atoms. The van der Waals surface area contributed by atoms with Crippen LogP contribution in [0.3, 0.4) is 0 Å². The number of ether oxygens (including phenoxy) is 1. The number of cyclic esters (lactones) is 1. The number of amides is 1. The molecule has 0 fully saturated rings. The lowest BCUT2D eigenvalue weighted by Gasteiger charge is -2.24. The zero-order valence-corrected chi connectivity index (χ0v) is 18.7. The third kappa shape index (κ3) is 8.19. The third-order valence-electron chi connectivity index (χ3n) is 5.25. The zero-order valence-electron chi connectivity index (χ0n) is 18.7. The molecule has 1 aromatic rings. The highest BCUT2D eigenvalue weighted by Crippen LogP contribution is 2.26. The summed E-state index contributed by atoms with van der Waals surface area (Å²) in [4.78, 5) is 24.6. The number of benzene rings is 1. The first-order chi connectivity index (χ1) is 15.4. The van der Waals surface area contributed by atoms with Crippen molar-refractivity contribution in [3.05, 3.63) is 78.1 Å². The maximum Gasteiger partial charge on any atom is 0.342 e. The molecule has 2 rings (SSSR count). The van der Waals surface area contributed by atoms with Crippen molar-refractivity contribution in [3.8, 4) is 5.75 Å². The second-order valence-corrected chi connectivity index (χ2v) is 7.87. The molecule has 1 amide bonds. The number of aliphatic hydroxyl groups excluding tert-OH is 1. The Morgan fingerprint density at radius 2 is 2.06 bits per heavy atom. The second kappa shape index (κ2) is 13.3. The van der Waals surface area contributed by atoms with E-state index in [0.29, 0.717) is 24.8 Å². The molecule has 1 aliphatic heterocycles. The van der Waals surface area contributed by atoms with Gasteiger partial charge in [-0.2, -0.15) is 0 Å². The normalized spacial score (nSPS) is 23.5. The predicted octanol–water partition coefficient (Wildman–Crippen LogP) is 4.35. The molecule has 0 bridgehead atoms. The monoisotopic (exact) mass is 439 g/mol. The van der Waals surface area contributed by atoms with Crippen LogP contribution in [0.2, 0.25) is 0 Å². The summed E-state index contributed by atoms with van der Waals surface area (Å²) in [5, 5.41) is 23.4. The topological polar surface area (TPSA) is 95.9 Å². The van der Waals surface area contributed by atoms with Crippen molar-refractivity contribution in [1.82, 2.24) is 5.32 Å². The van der Waals surface area contributed by atoms with Gasteiger partial charge >= 0.3 is 5.97 Å². The maximum absolute atomic E-state index is 12.9. The first-order valence-electron chi connectivity index (χ1n) is 11.1. The van der Waals surface area contributed by atoms with Gasteiger partial charge in [0.2, 0.25) is 5.91 Å². The lowest BCUT2D eigenvalue weighted by Crippen LogP contribution is -2.28. The van der Waals surface area contributed by atoms with Gasteiger partial charge in [-0.15, -0.1) is 0 Å². The van der Waals surface area contributed by atoms with Crippen molar-refractivity contribution in [1.29, 1.82) is 0 Å². The number of phenolic OH excluding ortho intramolecular Hbond substituents is 1. The molecule has 172 valence electrons. The van der Waals surface area contributed by atoms with Crippen LogP contribution in [0.4, 0.5) is 0 Å². The van der Waals surface area contributed by atoms with E-state index >= 15 is 0 Å². The number of phenols is 1. The van der Waals surface area contributed by atoms with Crippen molar-refractivity contribution < 1.29 is 24.5 Å². The van der Waals surface area contributed by atoms with Gasteiger partial charge < -0.3 is 20.3 Å². The summed E-state index contributed by atoms with van der Waals surface area (Å²) < 4.78 is 5.68. The number of allylic oxidation sites excluding steroid dienone is 5. The number of hydrogen-bond donors (Lipinski definition) is 3. The number of fused-ring (bicyclic) bond motifs is 1. The third-order valence-corrected chi connectivity index (χ3v) is 5.25. The molecule has 0 saturated heterocycles. The molecule has 3 atom stereocenters. The number of rotatable bonds is 6. The molecule has 1 heterocycles. The highest BCUT2D eigenvalue weighted by atomic mass is 16.5. The summed E-state index contributed by atoms with van der Waals surface area (Å²) in [6.45, 7) is 3.96. The minimum Gasteiger partial charge on any atom is -0.507 e. The molecule has 3 N–H and O–H groups in total. The lowest BCUT2D eigenvalue weighted by molar-refractivity contribution is -0.115. The first-order valence-corrected chi connectivity index (χ1v) is 11.1. The van der Waals surface area contributed by atoms with Gasteiger partial charge in [0, 0.05) is 25.1 Å². The van der Waals surface area contributed by atoms with E-state index < -0.39 is 18.2 Å². The highest BCUT2D eigenvalue weighted by Gasteiger charge is 2.25. The molecule has 6 nitrogen and oxygen atoms in total. The number of aromatic hydroxyl groups is 1. The summed E-state index contributed by atoms with van der Waals surface area (Å²) in [6.07, 6.45) is 15.3. The largest absolute Gasteiger partial charge is 0.507 e. The SMILES string of the molecule is CC/C=C\C=C/C(=O)N/C=C\C[C@@H]1C[C@H](O)[C@H](C)C/C=C/Cc2cccc(O)c2C(=O)O1. The van der Waals surface area contributed by atoms with Gasteiger partial charge in [-0.3, -0.25) is 4.79 Å². The molecule has 6 heteroatoms. The molecule has 0 aliphatic carbocycles. The van der Waals surface area contributed by atoms with Crippen LogP contribution in [0.25, 0.3) is 0 Å². The Balaban J connectivity index is 2.11. The molecule has 1 aromatic carbocycles. The van der Waals surface area contributed by atoms with Crippen LogP contribution < -0.4 is 5.32 Å². The quantitative estimate of drug-likeness (QED) is 0.265. The number of aliphatic hydroxyl groups is 1. The van der Waals surface area contributed by atoms with E-state index in [-0.39, 0.29) is 29.6 Å². The number of carbonyl (C=O) groups excluding carboxylic acids is 2. The Labute approximate surface area is 190 Å². The van der Waals surface area contributed by atoms with E-state index in [0.717, 1.165) is 6.42 Å². The summed E-state index contributed by atoms with van der Waals surface area (Å²) >= 11 is 0. The molecular formula is C26H33NO5. The van der Waals surface area contributed by atoms with Crippen LogP contribution in [-0.4, -0.2) is 34.3 Å². The average molecular weight is 440 g/mol. The van der Waals surface area contributed by atoms with Crippen LogP contribution in [0.1, 0.15) is 55.5 Å². The minimum absolute atomic E-state index is 0.000482. The highest BCUT2D eigenvalue weighted by molar-refractivity contribution is 5.94. The van der Waals surface area contributed by atoms with Crippen molar-refractivity contribution in [3.63, 3.8) is 0 Å². The summed E-state index contributed by atoms with van der Waals surface area (Å²) in [6, 6.07) is 4.95. The van der Waals surface area contributed by atoms with E-state index in [2.05, 4.69) is 5.32 Å². The Morgan fingerprint density at radius 1 is 1.25 bits per heavy atom. The van der Waals surface area contributed by atoms with Crippen molar-refractivity contribution in [2.45, 2.75) is 58.2 Å². The molecular weight excluding hydrogens is 406 g/mol. The van der Waals surface area contributed by atoms with Gasteiger partial charge in [-0.05, 0) is 36.8 Å². The Bertz CT molecular complexity index is 884. The zero-order chi connectivity index (χ0) is 23.3. The van der Waals surface area contributed by atoms with E-state index in [4.69, 9.17) is 4.74 Å². The fraction of sp³-hybridized carbons (Fsp3) is 0.385. The molecule has 0 aromatic heterocycles. The predicted molar refractivity (Wildman–Crippen MR) is 125 cm³/mol. The van der Waals surface area contributed by atoms with Gasteiger partial charge in [-0.25, -0.2) is 4.79 Å². The number of carbonyl (C=O) groups is 2. The van der Waals surface area contributed by atoms with Crippen molar-refractivity contribution in [2.75, 3.05) is 0 Å². The van der Waals surface area contributed by atoms with Gasteiger partial charge in [0.1, 0.15) is 17.4 Å². The van der Waals surface area contributed by atoms with E-state index in [1.165, 1.54) is 18.3 Å². The Hall–Kier alpha value is -3.12. The number of esters is 1. The Kier molecular flexibility index (Phi) is 10.5. The van der Waals surface area contributed by atoms with E-state index in [1.54, 1.807) is 30.4 Å². The Morgan fingerprint density at radius 3 is 2.84 bits per heavy atom. The molecule has 1 aliphatic rings. The number of nitrogens with one attached hydrogen (secondary N) is 1. The van der Waals surface area contributed by atoms with Crippen LogP contribution in [0.15, 0.2) is 66.9 Å². The van der Waals surface area contributed by atoms with Gasteiger partial charge in [-0.1, -0.05) is 62.4 Å². The minimum atomic E-state index is -0.656. The van der Waals surface area contributed by atoms with Crippen LogP contribution in [0, 0.1) is 5.92 Å². The van der Waals surface area contributed by atoms with Gasteiger partial charge in [0.15, 0.2) is 0 Å². The summed E-state index contributed by atoms with van der Waals surface area (Å²) in [7, 11) is 0. The smallest absolute Gasteiger partial charge is 0.342 e. The fourth-order valence-corrected chi connectivity index (χ4v) is 3.34. The van der Waals surface area contributed by atoms with Crippen molar-refractivity contribution >= 4 is 11.9 Å². The van der Waals surface area contributed by atoms with E-state index in [9.17, 15) is 19.8 Å². The average Bonchev–Trinajstić information content (AvgIpc) is 2.76. The van der Waals surface area contributed by atoms with Crippen molar-refractivity contribution in [2.24, 2.45) is 5.92 Å². The summed E-state index contributed by atoms with van der Waals surface area (Å²) in [5.41, 5.74) is 0.832. The lowest BCUT2D eigenvalue weighted by atomic mass is 9.93. The standard InChI is InChI=1S/C26H33NO5/c1-3-4-5-6-16-24(30)27-17-10-14-21-18-23(29)19(2)11-7-8-12-20-13-9-15-22(28)25(20)26(31)32-21/h4-10,13,15-17,19,21,23,28-29H,3,11-12,14,18H2,1-2H3,(H,27,30)/b5-4-,8-7+,16-6-,17-10-/t19-,21-,23+/m1/s1.